The number of benzene rings is 1. The number of aryl methyl sites for hydroxylation is 1. The minimum absolute atomic E-state index is 0.610. The Morgan fingerprint density at radius 2 is 1.96 bits per heavy atom. The standard InChI is InChI=1S/C21H27N5/c1-16(2)11-18-12-17(3)20(14-22)21(13-18)26-9-7-25(8-10-26)15-19-5-4-6-23-24-19/h4-6,12-13,16H,7-11,15H2,1-3H3. The van der Waals surface area contributed by atoms with E-state index in [2.05, 4.69) is 59.0 Å². The van der Waals surface area contributed by atoms with Gasteiger partial charge in [-0.2, -0.15) is 15.5 Å². The molecule has 0 atom stereocenters. The number of anilines is 1. The number of nitrogens with zero attached hydrogens (tertiary/aromatic N) is 5. The molecule has 0 saturated carbocycles. The lowest BCUT2D eigenvalue weighted by Gasteiger charge is -2.36. The van der Waals surface area contributed by atoms with Crippen molar-refractivity contribution >= 4 is 5.69 Å². The molecule has 5 heteroatoms. The van der Waals surface area contributed by atoms with Gasteiger partial charge in [0.15, 0.2) is 0 Å². The molecule has 2 aromatic rings. The molecule has 0 unspecified atom stereocenters. The molecule has 1 aromatic heterocycles. The normalized spacial score (nSPS) is 15.3. The summed E-state index contributed by atoms with van der Waals surface area (Å²) in [6.07, 6.45) is 2.75. The van der Waals surface area contributed by atoms with E-state index >= 15 is 0 Å². The van der Waals surface area contributed by atoms with Crippen molar-refractivity contribution in [3.05, 3.63) is 52.8 Å². The number of nitriles is 1. The van der Waals surface area contributed by atoms with E-state index in [-0.39, 0.29) is 0 Å². The molecule has 1 aliphatic rings. The molecule has 26 heavy (non-hydrogen) atoms. The zero-order chi connectivity index (χ0) is 18.5. The van der Waals surface area contributed by atoms with E-state index in [1.165, 1.54) is 5.56 Å². The largest absolute Gasteiger partial charge is 0.368 e. The lowest BCUT2D eigenvalue weighted by atomic mass is 9.96. The van der Waals surface area contributed by atoms with Gasteiger partial charge in [0.05, 0.1) is 16.9 Å². The first-order valence-corrected chi connectivity index (χ1v) is 9.34. The average Bonchev–Trinajstić information content (AvgIpc) is 2.62. The Morgan fingerprint density at radius 1 is 1.19 bits per heavy atom. The van der Waals surface area contributed by atoms with Crippen LogP contribution in [-0.2, 0) is 13.0 Å². The van der Waals surface area contributed by atoms with Gasteiger partial charge in [-0.15, -0.1) is 0 Å². The molecule has 1 fully saturated rings. The molecule has 0 radical (unpaired) electrons. The second kappa shape index (κ2) is 8.29. The molecule has 0 bridgehead atoms. The maximum absolute atomic E-state index is 9.65. The number of piperazine rings is 1. The van der Waals surface area contributed by atoms with Crippen molar-refractivity contribution in [3.63, 3.8) is 0 Å². The molecule has 5 nitrogen and oxygen atoms in total. The van der Waals surface area contributed by atoms with Crippen LogP contribution in [0, 0.1) is 24.2 Å². The van der Waals surface area contributed by atoms with Crippen LogP contribution in [0.2, 0.25) is 0 Å². The van der Waals surface area contributed by atoms with E-state index in [1.54, 1.807) is 6.20 Å². The Bertz CT molecular complexity index is 771. The number of hydrogen-bond acceptors (Lipinski definition) is 5. The van der Waals surface area contributed by atoms with Crippen LogP contribution in [0.5, 0.6) is 0 Å². The van der Waals surface area contributed by atoms with Gasteiger partial charge in [0, 0.05) is 38.9 Å². The Labute approximate surface area is 156 Å². The molecular formula is C21H27N5. The van der Waals surface area contributed by atoms with Gasteiger partial charge in [-0.05, 0) is 48.6 Å². The molecule has 0 spiro atoms. The van der Waals surface area contributed by atoms with Gasteiger partial charge in [-0.3, -0.25) is 4.90 Å². The van der Waals surface area contributed by atoms with Crippen molar-refractivity contribution in [2.75, 3.05) is 31.1 Å². The highest BCUT2D eigenvalue weighted by atomic mass is 15.3. The summed E-state index contributed by atoms with van der Waals surface area (Å²) in [6, 6.07) is 10.8. The topological polar surface area (TPSA) is 56.1 Å². The summed E-state index contributed by atoms with van der Waals surface area (Å²) in [6.45, 7) is 11.1. The van der Waals surface area contributed by atoms with Crippen molar-refractivity contribution < 1.29 is 0 Å². The quantitative estimate of drug-likeness (QED) is 0.830. The van der Waals surface area contributed by atoms with Crippen molar-refractivity contribution in [2.45, 2.75) is 33.7 Å². The van der Waals surface area contributed by atoms with Gasteiger partial charge in [-0.25, -0.2) is 0 Å². The highest BCUT2D eigenvalue weighted by Gasteiger charge is 2.21. The molecule has 1 aliphatic heterocycles. The highest BCUT2D eigenvalue weighted by Crippen LogP contribution is 2.27. The first kappa shape index (κ1) is 18.3. The fourth-order valence-electron chi connectivity index (χ4n) is 3.62. The second-order valence-electron chi connectivity index (χ2n) is 7.49. The summed E-state index contributed by atoms with van der Waals surface area (Å²) in [4.78, 5) is 4.76. The molecule has 2 heterocycles. The zero-order valence-electron chi connectivity index (χ0n) is 15.9. The van der Waals surface area contributed by atoms with Crippen LogP contribution in [0.15, 0.2) is 30.5 Å². The maximum atomic E-state index is 9.65. The molecule has 3 rings (SSSR count). The fourth-order valence-corrected chi connectivity index (χ4v) is 3.62. The molecule has 0 N–H and O–H groups in total. The molecule has 136 valence electrons. The molecular weight excluding hydrogens is 322 g/mol. The Balaban J connectivity index is 1.72. The van der Waals surface area contributed by atoms with Crippen molar-refractivity contribution in [1.29, 1.82) is 5.26 Å². The van der Waals surface area contributed by atoms with Gasteiger partial charge < -0.3 is 4.90 Å². The maximum Gasteiger partial charge on any atom is 0.102 e. The van der Waals surface area contributed by atoms with Crippen LogP contribution in [-0.4, -0.2) is 41.3 Å². The summed E-state index contributed by atoms with van der Waals surface area (Å²) in [5.41, 5.74) is 5.34. The van der Waals surface area contributed by atoms with Crippen molar-refractivity contribution in [3.8, 4) is 6.07 Å². The van der Waals surface area contributed by atoms with Gasteiger partial charge in [0.25, 0.3) is 0 Å². The molecule has 1 saturated heterocycles. The van der Waals surface area contributed by atoms with E-state index in [1.807, 2.05) is 12.1 Å². The SMILES string of the molecule is Cc1cc(CC(C)C)cc(N2CCN(Cc3cccnn3)CC2)c1C#N. The Hall–Kier alpha value is -2.45. The van der Waals surface area contributed by atoms with Crippen LogP contribution < -0.4 is 4.90 Å². The van der Waals surface area contributed by atoms with E-state index in [0.29, 0.717) is 5.92 Å². The minimum Gasteiger partial charge on any atom is -0.368 e. The highest BCUT2D eigenvalue weighted by molar-refractivity contribution is 5.64. The van der Waals surface area contributed by atoms with Crippen LogP contribution in [0.4, 0.5) is 5.69 Å². The van der Waals surface area contributed by atoms with Crippen LogP contribution >= 0.6 is 0 Å². The third-order valence-electron chi connectivity index (χ3n) is 4.86. The number of rotatable bonds is 5. The predicted octanol–water partition coefficient (Wildman–Crippen LogP) is 3.18. The Kier molecular flexibility index (Phi) is 5.85. The third kappa shape index (κ3) is 4.39. The number of hydrogen-bond donors (Lipinski definition) is 0. The fraction of sp³-hybridized carbons (Fsp3) is 0.476. The summed E-state index contributed by atoms with van der Waals surface area (Å²) in [5.74, 6) is 0.610. The summed E-state index contributed by atoms with van der Waals surface area (Å²) in [7, 11) is 0. The van der Waals surface area contributed by atoms with E-state index in [0.717, 1.165) is 61.7 Å². The van der Waals surface area contributed by atoms with Crippen molar-refractivity contribution in [1.82, 2.24) is 15.1 Å². The molecule has 0 aliphatic carbocycles. The van der Waals surface area contributed by atoms with Crippen LogP contribution in [0.1, 0.15) is 36.2 Å². The predicted molar refractivity (Wildman–Crippen MR) is 104 cm³/mol. The number of aromatic nitrogens is 2. The van der Waals surface area contributed by atoms with Crippen LogP contribution in [0.3, 0.4) is 0 Å². The van der Waals surface area contributed by atoms with Gasteiger partial charge in [0.1, 0.15) is 6.07 Å². The first-order chi connectivity index (χ1) is 12.6. The summed E-state index contributed by atoms with van der Waals surface area (Å²) in [5, 5.41) is 17.8. The first-order valence-electron chi connectivity index (χ1n) is 9.34. The third-order valence-corrected chi connectivity index (χ3v) is 4.86. The Morgan fingerprint density at radius 3 is 2.58 bits per heavy atom. The van der Waals surface area contributed by atoms with Gasteiger partial charge in [0.2, 0.25) is 0 Å². The van der Waals surface area contributed by atoms with Gasteiger partial charge >= 0.3 is 0 Å². The summed E-state index contributed by atoms with van der Waals surface area (Å²) < 4.78 is 0. The monoisotopic (exact) mass is 349 g/mol. The summed E-state index contributed by atoms with van der Waals surface area (Å²) >= 11 is 0. The van der Waals surface area contributed by atoms with Gasteiger partial charge in [-0.1, -0.05) is 19.9 Å². The zero-order valence-corrected chi connectivity index (χ0v) is 15.9. The molecule has 0 amide bonds. The van der Waals surface area contributed by atoms with Crippen LogP contribution in [0.25, 0.3) is 0 Å². The minimum atomic E-state index is 0.610. The van der Waals surface area contributed by atoms with E-state index in [9.17, 15) is 5.26 Å². The average molecular weight is 349 g/mol. The van der Waals surface area contributed by atoms with Crippen molar-refractivity contribution in [2.24, 2.45) is 5.92 Å². The lowest BCUT2D eigenvalue weighted by molar-refractivity contribution is 0.246. The molecule has 1 aromatic carbocycles. The lowest BCUT2D eigenvalue weighted by Crippen LogP contribution is -2.46. The second-order valence-corrected chi connectivity index (χ2v) is 7.49. The van der Waals surface area contributed by atoms with E-state index in [4.69, 9.17) is 0 Å². The smallest absolute Gasteiger partial charge is 0.102 e. The van der Waals surface area contributed by atoms with E-state index < -0.39 is 0 Å².